The third-order valence-corrected chi connectivity index (χ3v) is 4.70. The van der Waals surface area contributed by atoms with Crippen LogP contribution in [0, 0.1) is 5.92 Å². The second kappa shape index (κ2) is 7.84. The van der Waals surface area contributed by atoms with Crippen molar-refractivity contribution in [2.24, 2.45) is 5.92 Å². The van der Waals surface area contributed by atoms with Crippen LogP contribution in [-0.4, -0.2) is 34.6 Å². The number of nitrogens with zero attached hydrogens (tertiary/aromatic N) is 1. The van der Waals surface area contributed by atoms with E-state index in [9.17, 15) is 14.4 Å². The van der Waals surface area contributed by atoms with Gasteiger partial charge < -0.3 is 20.2 Å². The highest BCUT2D eigenvalue weighted by Gasteiger charge is 2.23. The average Bonchev–Trinajstić information content (AvgIpc) is 2.57. The topological polar surface area (TPSA) is 96.0 Å². The number of halogens is 1. The number of carbonyl (C=O) groups excluding carboxylic acids is 1. The van der Waals surface area contributed by atoms with Crippen LogP contribution in [0.5, 0.6) is 0 Å². The second-order valence-corrected chi connectivity index (χ2v) is 6.29. The van der Waals surface area contributed by atoms with Crippen molar-refractivity contribution in [3.63, 3.8) is 0 Å². The lowest BCUT2D eigenvalue weighted by atomic mass is 9.94. The molecule has 3 N–H and O–H groups in total. The molecule has 2 unspecified atom stereocenters. The molecule has 1 aromatic heterocycles. The quantitative estimate of drug-likeness (QED) is 0.702. The fourth-order valence-electron chi connectivity index (χ4n) is 3.17. The number of aromatic amines is 1. The van der Waals surface area contributed by atoms with Crippen LogP contribution in [0.15, 0.2) is 27.8 Å². The minimum absolute atomic E-state index is 0. The van der Waals surface area contributed by atoms with Gasteiger partial charge in [0.2, 0.25) is 0 Å². The fourth-order valence-corrected chi connectivity index (χ4v) is 3.17. The molecular formula is C17H23ClN4O3. The van der Waals surface area contributed by atoms with Crippen molar-refractivity contribution >= 4 is 29.3 Å². The summed E-state index contributed by atoms with van der Waals surface area (Å²) in [7, 11) is 0. The average molecular weight is 367 g/mol. The Morgan fingerprint density at radius 3 is 2.80 bits per heavy atom. The molecule has 1 aliphatic rings. The first-order chi connectivity index (χ1) is 11.5. The SMILES string of the molecule is CCn1c(=O)c(=O)[nH]c2cc(C(=O)NC3CNCCC3C)ccc21.Cl. The molecule has 2 atom stereocenters. The number of hydrogen-bond acceptors (Lipinski definition) is 4. The number of piperidine rings is 1. The second-order valence-electron chi connectivity index (χ2n) is 6.29. The van der Waals surface area contributed by atoms with Gasteiger partial charge in [0.1, 0.15) is 0 Å². The predicted octanol–water partition coefficient (Wildman–Crippen LogP) is 0.859. The molecule has 1 fully saturated rings. The number of carbonyl (C=O) groups is 1. The molecule has 8 heteroatoms. The van der Waals surface area contributed by atoms with Crippen LogP contribution in [0.2, 0.25) is 0 Å². The Morgan fingerprint density at radius 2 is 2.12 bits per heavy atom. The van der Waals surface area contributed by atoms with Crippen molar-refractivity contribution in [2.75, 3.05) is 13.1 Å². The van der Waals surface area contributed by atoms with Gasteiger partial charge in [-0.05, 0) is 44.0 Å². The van der Waals surface area contributed by atoms with Gasteiger partial charge in [-0.3, -0.25) is 14.4 Å². The summed E-state index contributed by atoms with van der Waals surface area (Å²) in [5.41, 5.74) is 0.323. The Balaban J connectivity index is 0.00000225. The Morgan fingerprint density at radius 1 is 1.36 bits per heavy atom. The van der Waals surface area contributed by atoms with E-state index in [4.69, 9.17) is 0 Å². The minimum Gasteiger partial charge on any atom is -0.348 e. The van der Waals surface area contributed by atoms with Crippen LogP contribution in [0.3, 0.4) is 0 Å². The van der Waals surface area contributed by atoms with Crippen molar-refractivity contribution in [1.82, 2.24) is 20.2 Å². The molecule has 3 rings (SSSR count). The highest BCUT2D eigenvalue weighted by molar-refractivity contribution is 5.97. The molecule has 0 aliphatic carbocycles. The van der Waals surface area contributed by atoms with Gasteiger partial charge >= 0.3 is 11.1 Å². The molecule has 136 valence electrons. The van der Waals surface area contributed by atoms with Gasteiger partial charge in [0.25, 0.3) is 5.91 Å². The summed E-state index contributed by atoms with van der Waals surface area (Å²) < 4.78 is 1.41. The number of benzene rings is 1. The van der Waals surface area contributed by atoms with Crippen molar-refractivity contribution < 1.29 is 4.79 Å². The standard InChI is InChI=1S/C17H22N4O3.ClH/c1-3-21-14-5-4-11(8-12(14)19-16(23)17(21)24)15(22)20-13-9-18-7-6-10(13)2;/h4-5,8,10,13,18H,3,6-7,9H2,1-2H3,(H,19,23)(H,20,22);1H. The Labute approximate surface area is 151 Å². The van der Waals surface area contributed by atoms with Crippen LogP contribution in [0.1, 0.15) is 30.6 Å². The van der Waals surface area contributed by atoms with Gasteiger partial charge in [0, 0.05) is 24.7 Å². The molecule has 1 aromatic carbocycles. The largest absolute Gasteiger partial charge is 0.348 e. The first-order valence-corrected chi connectivity index (χ1v) is 8.29. The number of aromatic nitrogens is 2. The maximum absolute atomic E-state index is 12.5. The molecule has 7 nitrogen and oxygen atoms in total. The van der Waals surface area contributed by atoms with Crippen LogP contribution >= 0.6 is 12.4 Å². The van der Waals surface area contributed by atoms with Crippen LogP contribution in [0.25, 0.3) is 11.0 Å². The molecular weight excluding hydrogens is 344 g/mol. The number of fused-ring (bicyclic) bond motifs is 1. The monoisotopic (exact) mass is 366 g/mol. The first-order valence-electron chi connectivity index (χ1n) is 8.29. The number of hydrogen-bond donors (Lipinski definition) is 3. The number of amides is 1. The van der Waals surface area contributed by atoms with E-state index >= 15 is 0 Å². The molecule has 1 saturated heterocycles. The molecule has 0 radical (unpaired) electrons. The van der Waals surface area contributed by atoms with Gasteiger partial charge in [-0.1, -0.05) is 6.92 Å². The van der Waals surface area contributed by atoms with Gasteiger partial charge in [0.15, 0.2) is 0 Å². The molecule has 1 amide bonds. The van der Waals surface area contributed by atoms with E-state index in [1.54, 1.807) is 25.1 Å². The lowest BCUT2D eigenvalue weighted by molar-refractivity contribution is 0.0915. The van der Waals surface area contributed by atoms with E-state index in [1.165, 1.54) is 4.57 Å². The molecule has 2 aromatic rings. The van der Waals surface area contributed by atoms with E-state index in [1.807, 2.05) is 0 Å². The summed E-state index contributed by atoms with van der Waals surface area (Å²) in [6.07, 6.45) is 1.03. The van der Waals surface area contributed by atoms with Crippen LogP contribution in [0.4, 0.5) is 0 Å². The number of nitrogens with one attached hydrogen (secondary N) is 3. The summed E-state index contributed by atoms with van der Waals surface area (Å²) in [4.78, 5) is 38.7. The highest BCUT2D eigenvalue weighted by atomic mass is 35.5. The zero-order valence-corrected chi connectivity index (χ0v) is 15.1. The summed E-state index contributed by atoms with van der Waals surface area (Å²) in [6.45, 7) is 6.06. The molecule has 25 heavy (non-hydrogen) atoms. The Hall–Kier alpha value is -2.12. The van der Waals surface area contributed by atoms with Gasteiger partial charge in [-0.2, -0.15) is 0 Å². The van der Waals surface area contributed by atoms with Crippen molar-refractivity contribution in [2.45, 2.75) is 32.9 Å². The lowest BCUT2D eigenvalue weighted by Crippen LogP contribution is -2.50. The Bertz CT molecular complexity index is 890. The van der Waals surface area contributed by atoms with E-state index in [0.29, 0.717) is 29.1 Å². The molecule has 2 heterocycles. The van der Waals surface area contributed by atoms with Gasteiger partial charge in [-0.15, -0.1) is 12.4 Å². The van der Waals surface area contributed by atoms with Crippen LogP contribution < -0.4 is 21.8 Å². The van der Waals surface area contributed by atoms with Gasteiger partial charge in [0.05, 0.1) is 11.0 Å². The third-order valence-electron chi connectivity index (χ3n) is 4.70. The maximum atomic E-state index is 12.5. The summed E-state index contributed by atoms with van der Waals surface area (Å²) >= 11 is 0. The van der Waals surface area contributed by atoms with Gasteiger partial charge in [-0.25, -0.2) is 0 Å². The zero-order chi connectivity index (χ0) is 17.3. The molecule has 1 aliphatic heterocycles. The number of rotatable bonds is 3. The van der Waals surface area contributed by atoms with Crippen molar-refractivity contribution in [1.29, 1.82) is 0 Å². The molecule has 0 spiro atoms. The number of H-pyrrole nitrogens is 1. The summed E-state index contributed by atoms with van der Waals surface area (Å²) in [5.74, 6) is 0.244. The summed E-state index contributed by atoms with van der Waals surface area (Å²) in [6, 6.07) is 5.10. The predicted molar refractivity (Wildman–Crippen MR) is 99.7 cm³/mol. The normalized spacial score (nSPS) is 20.1. The van der Waals surface area contributed by atoms with E-state index in [0.717, 1.165) is 19.5 Å². The smallest absolute Gasteiger partial charge is 0.316 e. The fraction of sp³-hybridized carbons (Fsp3) is 0.471. The highest BCUT2D eigenvalue weighted by Crippen LogP contribution is 2.14. The van der Waals surface area contributed by atoms with Crippen molar-refractivity contribution in [3.8, 4) is 0 Å². The molecule has 0 bridgehead atoms. The van der Waals surface area contributed by atoms with E-state index in [-0.39, 0.29) is 24.4 Å². The zero-order valence-electron chi connectivity index (χ0n) is 14.3. The van der Waals surface area contributed by atoms with Crippen LogP contribution in [-0.2, 0) is 6.54 Å². The Kier molecular flexibility index (Phi) is 6.02. The lowest BCUT2D eigenvalue weighted by Gasteiger charge is -2.30. The van der Waals surface area contributed by atoms with E-state index in [2.05, 4.69) is 22.5 Å². The number of aryl methyl sites for hydroxylation is 1. The third kappa shape index (κ3) is 3.77. The summed E-state index contributed by atoms with van der Waals surface area (Å²) in [5, 5.41) is 6.32. The minimum atomic E-state index is -0.674. The van der Waals surface area contributed by atoms with E-state index < -0.39 is 11.1 Å². The molecule has 0 saturated carbocycles. The maximum Gasteiger partial charge on any atom is 0.316 e. The van der Waals surface area contributed by atoms with Crippen molar-refractivity contribution in [3.05, 3.63) is 44.5 Å². The first kappa shape index (κ1) is 19.2.